The number of ether oxygens (including phenoxy) is 1. The molecule has 6 heteroatoms. The van der Waals surface area contributed by atoms with Crippen LogP contribution in [-0.4, -0.2) is 52.2 Å². The van der Waals surface area contributed by atoms with E-state index in [1.165, 1.54) is 16.8 Å². The summed E-state index contributed by atoms with van der Waals surface area (Å²) < 4.78 is 5.71. The van der Waals surface area contributed by atoms with Crippen molar-refractivity contribution in [3.63, 3.8) is 0 Å². The van der Waals surface area contributed by atoms with E-state index < -0.39 is 0 Å². The molecule has 4 rings (SSSR count). The first-order valence-corrected chi connectivity index (χ1v) is 9.18. The second-order valence-electron chi connectivity index (χ2n) is 6.80. The number of pyridine rings is 1. The van der Waals surface area contributed by atoms with Crippen LogP contribution in [0.2, 0.25) is 0 Å². The number of fused-ring (bicyclic) bond motifs is 1. The molecule has 0 unspecified atom stereocenters. The van der Waals surface area contributed by atoms with Crippen LogP contribution in [-0.2, 0) is 24.1 Å². The van der Waals surface area contributed by atoms with Gasteiger partial charge in [-0.3, -0.25) is 9.88 Å². The maximum atomic E-state index is 5.71. The van der Waals surface area contributed by atoms with E-state index in [1.54, 1.807) is 6.33 Å². The van der Waals surface area contributed by atoms with E-state index in [4.69, 9.17) is 4.74 Å². The van der Waals surface area contributed by atoms with Crippen LogP contribution < -0.4 is 5.32 Å². The summed E-state index contributed by atoms with van der Waals surface area (Å²) in [7, 11) is 0. The second kappa shape index (κ2) is 7.89. The van der Waals surface area contributed by atoms with Gasteiger partial charge in [0.05, 0.1) is 11.8 Å². The van der Waals surface area contributed by atoms with Crippen molar-refractivity contribution in [3.8, 4) is 0 Å². The van der Waals surface area contributed by atoms with Crippen molar-refractivity contribution in [2.45, 2.75) is 38.3 Å². The molecular formula is C19H25N5O. The lowest BCUT2D eigenvalue weighted by Gasteiger charge is -2.19. The molecule has 1 fully saturated rings. The molecule has 0 aromatic carbocycles. The smallest absolute Gasteiger partial charge is 0.132 e. The molecule has 2 aliphatic rings. The number of hydrogen-bond acceptors (Lipinski definition) is 6. The van der Waals surface area contributed by atoms with Crippen molar-refractivity contribution in [1.82, 2.24) is 19.9 Å². The Hall–Kier alpha value is -2.05. The van der Waals surface area contributed by atoms with Crippen LogP contribution in [0.3, 0.4) is 0 Å². The number of anilines is 1. The molecule has 0 aliphatic carbocycles. The lowest BCUT2D eigenvalue weighted by molar-refractivity contribution is 0.120. The Bertz CT molecular complexity index is 687. The minimum absolute atomic E-state index is 0.318. The first-order chi connectivity index (χ1) is 12.4. The summed E-state index contributed by atoms with van der Waals surface area (Å²) >= 11 is 0. The highest BCUT2D eigenvalue weighted by atomic mass is 16.5. The van der Waals surface area contributed by atoms with Gasteiger partial charge in [-0.15, -0.1) is 0 Å². The first-order valence-electron chi connectivity index (χ1n) is 9.18. The third-order valence-corrected chi connectivity index (χ3v) is 5.03. The van der Waals surface area contributed by atoms with Crippen LogP contribution in [0.1, 0.15) is 29.7 Å². The third-order valence-electron chi connectivity index (χ3n) is 5.03. The third kappa shape index (κ3) is 4.14. The van der Waals surface area contributed by atoms with E-state index in [0.29, 0.717) is 6.10 Å². The number of hydrogen-bond donors (Lipinski definition) is 1. The van der Waals surface area contributed by atoms with Gasteiger partial charge in [-0.25, -0.2) is 9.97 Å². The summed E-state index contributed by atoms with van der Waals surface area (Å²) in [5, 5.41) is 3.50. The molecular weight excluding hydrogens is 314 g/mol. The number of nitrogens with zero attached hydrogens (tertiary/aromatic N) is 4. The van der Waals surface area contributed by atoms with Crippen molar-refractivity contribution in [3.05, 3.63) is 47.7 Å². The highest BCUT2D eigenvalue weighted by Crippen LogP contribution is 2.22. The fraction of sp³-hybridized carbons (Fsp3) is 0.526. The van der Waals surface area contributed by atoms with E-state index in [0.717, 1.165) is 64.3 Å². The SMILES string of the molecule is c1cncc(CN2CCc3ncnc(NC[C@H]4CCCO4)c3CC2)c1. The molecule has 0 amide bonds. The topological polar surface area (TPSA) is 63.2 Å². The zero-order valence-electron chi connectivity index (χ0n) is 14.5. The van der Waals surface area contributed by atoms with Crippen LogP contribution in [0.5, 0.6) is 0 Å². The van der Waals surface area contributed by atoms with Crippen molar-refractivity contribution in [2.24, 2.45) is 0 Å². The van der Waals surface area contributed by atoms with Crippen LogP contribution in [0, 0.1) is 0 Å². The molecule has 2 aromatic rings. The number of aromatic nitrogens is 3. The van der Waals surface area contributed by atoms with Crippen molar-refractivity contribution < 1.29 is 4.74 Å². The van der Waals surface area contributed by atoms with E-state index in [-0.39, 0.29) is 0 Å². The molecule has 4 heterocycles. The van der Waals surface area contributed by atoms with Crippen molar-refractivity contribution in [1.29, 1.82) is 0 Å². The fourth-order valence-corrected chi connectivity index (χ4v) is 3.65. The quantitative estimate of drug-likeness (QED) is 0.900. The van der Waals surface area contributed by atoms with Gasteiger partial charge in [0, 0.05) is 57.2 Å². The molecule has 2 aliphatic heterocycles. The van der Waals surface area contributed by atoms with E-state index in [9.17, 15) is 0 Å². The highest BCUT2D eigenvalue weighted by Gasteiger charge is 2.20. The lowest BCUT2D eigenvalue weighted by Crippen LogP contribution is -2.26. The molecule has 0 bridgehead atoms. The lowest BCUT2D eigenvalue weighted by atomic mass is 10.1. The van der Waals surface area contributed by atoms with Gasteiger partial charge in [-0.05, 0) is 30.9 Å². The minimum atomic E-state index is 0.318. The maximum absolute atomic E-state index is 5.71. The number of nitrogens with one attached hydrogen (secondary N) is 1. The zero-order chi connectivity index (χ0) is 16.9. The summed E-state index contributed by atoms with van der Waals surface area (Å²) in [4.78, 5) is 15.7. The Kier molecular flexibility index (Phi) is 5.18. The van der Waals surface area contributed by atoms with Gasteiger partial charge in [0.25, 0.3) is 0 Å². The summed E-state index contributed by atoms with van der Waals surface area (Å²) in [6, 6.07) is 4.14. The van der Waals surface area contributed by atoms with Gasteiger partial charge in [0.2, 0.25) is 0 Å². The molecule has 6 nitrogen and oxygen atoms in total. The summed E-state index contributed by atoms with van der Waals surface area (Å²) in [6.45, 7) is 4.70. The van der Waals surface area contributed by atoms with Gasteiger partial charge >= 0.3 is 0 Å². The fourth-order valence-electron chi connectivity index (χ4n) is 3.65. The van der Waals surface area contributed by atoms with Crippen molar-refractivity contribution >= 4 is 5.82 Å². The summed E-state index contributed by atoms with van der Waals surface area (Å²) in [5.74, 6) is 0.990. The van der Waals surface area contributed by atoms with E-state index in [1.807, 2.05) is 18.5 Å². The molecule has 0 radical (unpaired) electrons. The normalized spacial score (nSPS) is 20.9. The first kappa shape index (κ1) is 16.4. The number of rotatable bonds is 5. The zero-order valence-corrected chi connectivity index (χ0v) is 14.5. The van der Waals surface area contributed by atoms with Gasteiger partial charge in [-0.2, -0.15) is 0 Å². The molecule has 25 heavy (non-hydrogen) atoms. The second-order valence-corrected chi connectivity index (χ2v) is 6.80. The van der Waals surface area contributed by atoms with Gasteiger partial charge in [0.1, 0.15) is 12.1 Å². The Morgan fingerprint density at radius 1 is 1.24 bits per heavy atom. The Balaban J connectivity index is 1.41. The Morgan fingerprint density at radius 3 is 3.04 bits per heavy atom. The molecule has 1 N–H and O–H groups in total. The summed E-state index contributed by atoms with van der Waals surface area (Å²) in [5.41, 5.74) is 3.71. The Morgan fingerprint density at radius 2 is 2.20 bits per heavy atom. The van der Waals surface area contributed by atoms with Crippen LogP contribution in [0.4, 0.5) is 5.82 Å². The standard InChI is InChI=1S/C19H25N5O/c1-3-15(11-20-7-1)13-24-8-5-17-18(6-9-24)22-14-23-19(17)21-12-16-4-2-10-25-16/h1,3,7,11,14,16H,2,4-6,8-10,12-13H2,(H,21,22,23)/t16-/m1/s1. The molecule has 1 saturated heterocycles. The summed E-state index contributed by atoms with van der Waals surface area (Å²) in [6.07, 6.45) is 10.0. The predicted molar refractivity (Wildman–Crippen MR) is 96.4 cm³/mol. The van der Waals surface area contributed by atoms with Gasteiger partial charge < -0.3 is 10.1 Å². The maximum Gasteiger partial charge on any atom is 0.132 e. The largest absolute Gasteiger partial charge is 0.376 e. The highest BCUT2D eigenvalue weighted by molar-refractivity contribution is 5.46. The molecule has 1 atom stereocenters. The van der Waals surface area contributed by atoms with E-state index >= 15 is 0 Å². The predicted octanol–water partition coefficient (Wildman–Crippen LogP) is 2.06. The molecule has 0 saturated carbocycles. The van der Waals surface area contributed by atoms with Crippen LogP contribution >= 0.6 is 0 Å². The molecule has 132 valence electrons. The molecule has 2 aromatic heterocycles. The van der Waals surface area contributed by atoms with E-state index in [2.05, 4.69) is 31.2 Å². The van der Waals surface area contributed by atoms with Crippen LogP contribution in [0.25, 0.3) is 0 Å². The van der Waals surface area contributed by atoms with Crippen molar-refractivity contribution in [2.75, 3.05) is 31.6 Å². The van der Waals surface area contributed by atoms with Gasteiger partial charge in [-0.1, -0.05) is 6.07 Å². The average Bonchev–Trinajstić information content (AvgIpc) is 3.09. The average molecular weight is 339 g/mol. The van der Waals surface area contributed by atoms with Crippen LogP contribution in [0.15, 0.2) is 30.9 Å². The molecule has 0 spiro atoms. The monoisotopic (exact) mass is 339 g/mol. The minimum Gasteiger partial charge on any atom is -0.376 e. The van der Waals surface area contributed by atoms with Gasteiger partial charge in [0.15, 0.2) is 0 Å². The Labute approximate surface area is 148 Å².